The fourth-order valence-electron chi connectivity index (χ4n) is 3.64. The molecule has 0 radical (unpaired) electrons. The summed E-state index contributed by atoms with van der Waals surface area (Å²) < 4.78 is 0. The van der Waals surface area contributed by atoms with Crippen LogP contribution in [0.2, 0.25) is 0 Å². The van der Waals surface area contributed by atoms with Crippen LogP contribution in [-0.2, 0) is 11.2 Å². The molecule has 1 heterocycles. The Bertz CT molecular complexity index is 691. The van der Waals surface area contributed by atoms with Gasteiger partial charge in [-0.1, -0.05) is 60.7 Å². The summed E-state index contributed by atoms with van der Waals surface area (Å²) in [7, 11) is 0. The number of carbonyl (C=O) groups is 1. The molecule has 0 saturated carbocycles. The van der Waals surface area contributed by atoms with Crippen LogP contribution in [0.25, 0.3) is 0 Å². The number of amides is 1. The molecule has 0 bridgehead atoms. The molecule has 2 aromatic carbocycles. The van der Waals surface area contributed by atoms with Gasteiger partial charge in [0, 0.05) is 25.2 Å². The Hall–Kier alpha value is -1.59. The fraction of sp³-hybridized carbons (Fsp3) is 0.409. The summed E-state index contributed by atoms with van der Waals surface area (Å²) in [6.07, 6.45) is 2.53. The van der Waals surface area contributed by atoms with Gasteiger partial charge in [-0.25, -0.2) is 0 Å². The van der Waals surface area contributed by atoms with Crippen LogP contribution in [0.15, 0.2) is 60.7 Å². The Morgan fingerprint density at radius 1 is 1.04 bits per heavy atom. The van der Waals surface area contributed by atoms with E-state index in [0.29, 0.717) is 12.5 Å². The summed E-state index contributed by atoms with van der Waals surface area (Å²) in [6, 6.07) is 20.7. The quantitative estimate of drug-likeness (QED) is 0.743. The van der Waals surface area contributed by atoms with Gasteiger partial charge in [0.05, 0.1) is 6.04 Å². The van der Waals surface area contributed by atoms with Gasteiger partial charge in [-0.15, -0.1) is 24.8 Å². The average Bonchev–Trinajstić information content (AvgIpc) is 2.69. The number of hydrogen-bond acceptors (Lipinski definition) is 3. The normalized spacial score (nSPS) is 16.9. The third kappa shape index (κ3) is 6.78. The molecule has 2 atom stereocenters. The van der Waals surface area contributed by atoms with Crippen LogP contribution in [0, 0.1) is 0 Å². The van der Waals surface area contributed by atoms with Gasteiger partial charge in [0.25, 0.3) is 0 Å². The summed E-state index contributed by atoms with van der Waals surface area (Å²) >= 11 is 0. The zero-order valence-electron chi connectivity index (χ0n) is 16.3. The van der Waals surface area contributed by atoms with Gasteiger partial charge in [-0.3, -0.25) is 9.69 Å². The Balaban J connectivity index is 0.00000196. The second-order valence-electron chi connectivity index (χ2n) is 7.20. The Morgan fingerprint density at radius 3 is 2.14 bits per heavy atom. The molecule has 1 aliphatic heterocycles. The van der Waals surface area contributed by atoms with Crippen LogP contribution in [0.3, 0.4) is 0 Å². The van der Waals surface area contributed by atoms with Crippen molar-refractivity contribution in [2.24, 2.45) is 5.73 Å². The zero-order chi connectivity index (χ0) is 18.4. The lowest BCUT2D eigenvalue weighted by molar-refractivity contribution is -0.123. The third-order valence-electron chi connectivity index (χ3n) is 5.34. The van der Waals surface area contributed by atoms with E-state index < -0.39 is 6.04 Å². The molecule has 28 heavy (non-hydrogen) atoms. The van der Waals surface area contributed by atoms with Crippen LogP contribution in [0.1, 0.15) is 36.9 Å². The van der Waals surface area contributed by atoms with E-state index in [4.69, 9.17) is 5.73 Å². The highest BCUT2D eigenvalue weighted by Crippen LogP contribution is 2.24. The van der Waals surface area contributed by atoms with Crippen molar-refractivity contribution >= 4 is 30.7 Å². The first-order chi connectivity index (χ1) is 12.6. The maximum Gasteiger partial charge on any atom is 0.237 e. The number of piperidine rings is 1. The van der Waals surface area contributed by atoms with Gasteiger partial charge in [0.1, 0.15) is 0 Å². The lowest BCUT2D eigenvalue weighted by Crippen LogP contribution is -2.50. The first-order valence-corrected chi connectivity index (χ1v) is 9.52. The van der Waals surface area contributed by atoms with E-state index in [2.05, 4.69) is 47.5 Å². The molecule has 1 amide bonds. The number of nitrogens with one attached hydrogen (secondary N) is 1. The average molecular weight is 424 g/mol. The van der Waals surface area contributed by atoms with Gasteiger partial charge >= 0.3 is 0 Å². The van der Waals surface area contributed by atoms with Crippen molar-refractivity contribution in [2.45, 2.75) is 44.3 Å². The van der Waals surface area contributed by atoms with E-state index in [-0.39, 0.29) is 36.8 Å². The standard InChI is InChI=1S/C22H29N3O.2ClH/c1-17(19-10-6-3-7-11-19)25-14-12-20(13-15-25)24-22(26)21(23)16-18-8-4-2-5-9-18;;/h2-11,17,20-21H,12-16,23H2,1H3,(H,24,26);2*1H. The van der Waals surface area contributed by atoms with Crippen LogP contribution >= 0.6 is 24.8 Å². The van der Waals surface area contributed by atoms with Gasteiger partial charge in [0.2, 0.25) is 5.91 Å². The van der Waals surface area contributed by atoms with Crippen LogP contribution in [0.5, 0.6) is 0 Å². The number of halogens is 2. The maximum absolute atomic E-state index is 12.4. The second-order valence-corrected chi connectivity index (χ2v) is 7.20. The minimum absolute atomic E-state index is 0. The van der Waals surface area contributed by atoms with Crippen LogP contribution in [-0.4, -0.2) is 36.0 Å². The molecule has 1 aliphatic rings. The lowest BCUT2D eigenvalue weighted by Gasteiger charge is -2.36. The van der Waals surface area contributed by atoms with Crippen molar-refractivity contribution in [3.05, 3.63) is 71.8 Å². The van der Waals surface area contributed by atoms with Gasteiger partial charge in [0.15, 0.2) is 0 Å². The highest BCUT2D eigenvalue weighted by molar-refractivity contribution is 5.85. The number of rotatable bonds is 6. The number of hydrogen-bond donors (Lipinski definition) is 2. The van der Waals surface area contributed by atoms with Crippen molar-refractivity contribution < 1.29 is 4.79 Å². The van der Waals surface area contributed by atoms with E-state index in [1.807, 2.05) is 30.3 Å². The zero-order valence-corrected chi connectivity index (χ0v) is 17.9. The maximum atomic E-state index is 12.4. The molecule has 4 nitrogen and oxygen atoms in total. The van der Waals surface area contributed by atoms with Gasteiger partial charge in [-0.05, 0) is 37.3 Å². The number of benzene rings is 2. The van der Waals surface area contributed by atoms with E-state index in [9.17, 15) is 4.79 Å². The SMILES string of the molecule is CC(c1ccccc1)N1CCC(NC(=O)C(N)Cc2ccccc2)CC1.Cl.Cl. The summed E-state index contributed by atoms with van der Waals surface area (Å²) in [4.78, 5) is 14.9. The number of likely N-dealkylation sites (tertiary alicyclic amines) is 1. The van der Waals surface area contributed by atoms with E-state index in [1.54, 1.807) is 0 Å². The van der Waals surface area contributed by atoms with Crippen LogP contribution < -0.4 is 11.1 Å². The second kappa shape index (κ2) is 12.1. The molecule has 1 fully saturated rings. The van der Waals surface area contributed by atoms with Crippen molar-refractivity contribution in [2.75, 3.05) is 13.1 Å². The predicted octanol–water partition coefficient (Wildman–Crippen LogP) is 3.74. The molecule has 0 aromatic heterocycles. The van der Waals surface area contributed by atoms with E-state index >= 15 is 0 Å². The Morgan fingerprint density at radius 2 is 1.57 bits per heavy atom. The Kier molecular flexibility index (Phi) is 10.5. The van der Waals surface area contributed by atoms with Crippen molar-refractivity contribution in [3.63, 3.8) is 0 Å². The molecule has 3 N–H and O–H groups in total. The Labute approximate surface area is 180 Å². The van der Waals surface area contributed by atoms with Crippen LogP contribution in [0.4, 0.5) is 0 Å². The monoisotopic (exact) mass is 423 g/mol. The van der Waals surface area contributed by atoms with Crippen molar-refractivity contribution in [1.29, 1.82) is 0 Å². The van der Waals surface area contributed by atoms with E-state index in [1.165, 1.54) is 5.56 Å². The van der Waals surface area contributed by atoms with Crippen molar-refractivity contribution in [1.82, 2.24) is 10.2 Å². The fourth-order valence-corrected chi connectivity index (χ4v) is 3.64. The number of nitrogens with zero attached hydrogens (tertiary/aromatic N) is 1. The molecule has 0 aliphatic carbocycles. The molecule has 6 heteroatoms. The van der Waals surface area contributed by atoms with E-state index in [0.717, 1.165) is 31.5 Å². The number of nitrogens with two attached hydrogens (primary N) is 1. The minimum Gasteiger partial charge on any atom is -0.352 e. The van der Waals surface area contributed by atoms with Gasteiger partial charge in [-0.2, -0.15) is 0 Å². The summed E-state index contributed by atoms with van der Waals surface area (Å²) in [5.74, 6) is -0.0385. The molecular formula is C22H31Cl2N3O. The summed E-state index contributed by atoms with van der Waals surface area (Å²) in [5.41, 5.74) is 8.54. The molecular weight excluding hydrogens is 393 g/mol. The first kappa shape index (κ1) is 24.4. The predicted molar refractivity (Wildman–Crippen MR) is 120 cm³/mol. The summed E-state index contributed by atoms with van der Waals surface area (Å²) in [6.45, 7) is 4.24. The molecule has 3 rings (SSSR count). The highest BCUT2D eigenvalue weighted by Gasteiger charge is 2.25. The molecule has 0 spiro atoms. The highest BCUT2D eigenvalue weighted by atomic mass is 35.5. The molecule has 2 aromatic rings. The molecule has 2 unspecified atom stereocenters. The smallest absolute Gasteiger partial charge is 0.237 e. The lowest BCUT2D eigenvalue weighted by atomic mass is 9.99. The first-order valence-electron chi connectivity index (χ1n) is 9.52. The topological polar surface area (TPSA) is 58.4 Å². The summed E-state index contributed by atoms with van der Waals surface area (Å²) in [5, 5.41) is 3.15. The third-order valence-corrected chi connectivity index (χ3v) is 5.34. The molecule has 1 saturated heterocycles. The number of carbonyl (C=O) groups excluding carboxylic acids is 1. The molecule has 154 valence electrons. The largest absolute Gasteiger partial charge is 0.352 e. The minimum atomic E-state index is -0.487. The van der Waals surface area contributed by atoms with Crippen molar-refractivity contribution in [3.8, 4) is 0 Å². The van der Waals surface area contributed by atoms with Gasteiger partial charge < -0.3 is 11.1 Å².